The first-order valence-corrected chi connectivity index (χ1v) is 11.9. The van der Waals surface area contributed by atoms with E-state index in [1.165, 1.54) is 6.42 Å². The minimum absolute atomic E-state index is 0.0262. The molecule has 2 aromatic heterocycles. The zero-order valence-electron chi connectivity index (χ0n) is 20.2. The zero-order valence-corrected chi connectivity index (χ0v) is 20.2. The van der Waals surface area contributed by atoms with Crippen LogP contribution in [0.5, 0.6) is 0 Å². The minimum Gasteiger partial charge on any atom is -0.346 e. The lowest BCUT2D eigenvalue weighted by molar-refractivity contribution is -0.128. The molecule has 0 bridgehead atoms. The number of pyridine rings is 1. The zero-order chi connectivity index (χ0) is 24.2. The molecular weight excluding hydrogens is 426 g/mol. The molecular formula is C27H31N5O2. The van der Waals surface area contributed by atoms with Gasteiger partial charge in [-0.1, -0.05) is 6.42 Å². The van der Waals surface area contributed by atoms with E-state index in [0.29, 0.717) is 29.7 Å². The number of likely N-dealkylation sites (tertiary alicyclic amines) is 1. The summed E-state index contributed by atoms with van der Waals surface area (Å²) >= 11 is 0. The Balaban J connectivity index is 1.80. The highest BCUT2D eigenvalue weighted by Gasteiger charge is 2.25. The van der Waals surface area contributed by atoms with Crippen LogP contribution in [-0.2, 0) is 11.2 Å². The average Bonchev–Trinajstić information content (AvgIpc) is 3.15. The summed E-state index contributed by atoms with van der Waals surface area (Å²) in [6, 6.07) is 11.4. The third kappa shape index (κ3) is 4.73. The van der Waals surface area contributed by atoms with Gasteiger partial charge in [-0.25, -0.2) is 0 Å². The van der Waals surface area contributed by atoms with Crippen molar-refractivity contribution in [3.8, 4) is 11.8 Å². The number of benzene rings is 1. The summed E-state index contributed by atoms with van der Waals surface area (Å²) in [7, 11) is 1.79. The lowest BCUT2D eigenvalue weighted by Crippen LogP contribution is -2.34. The predicted molar refractivity (Wildman–Crippen MR) is 132 cm³/mol. The molecule has 0 aliphatic carbocycles. The van der Waals surface area contributed by atoms with Crippen LogP contribution in [0.1, 0.15) is 53.4 Å². The van der Waals surface area contributed by atoms with Crippen molar-refractivity contribution in [1.82, 2.24) is 19.4 Å². The lowest BCUT2D eigenvalue weighted by Gasteiger charge is -2.25. The summed E-state index contributed by atoms with van der Waals surface area (Å²) in [5.74, 6) is 0.0945. The fourth-order valence-electron chi connectivity index (χ4n) is 4.66. The van der Waals surface area contributed by atoms with Gasteiger partial charge in [0.2, 0.25) is 5.91 Å². The molecule has 34 heavy (non-hydrogen) atoms. The third-order valence-electron chi connectivity index (χ3n) is 6.70. The highest BCUT2D eigenvalue weighted by atomic mass is 16.2. The van der Waals surface area contributed by atoms with Gasteiger partial charge in [-0.2, -0.15) is 5.26 Å². The van der Waals surface area contributed by atoms with Gasteiger partial charge in [-0.3, -0.25) is 19.5 Å². The van der Waals surface area contributed by atoms with E-state index in [2.05, 4.69) is 11.0 Å². The van der Waals surface area contributed by atoms with E-state index >= 15 is 0 Å². The van der Waals surface area contributed by atoms with Crippen molar-refractivity contribution in [3.05, 3.63) is 58.9 Å². The first-order chi connectivity index (χ1) is 16.4. The number of rotatable bonds is 7. The van der Waals surface area contributed by atoms with E-state index in [1.807, 2.05) is 36.6 Å². The van der Waals surface area contributed by atoms with E-state index in [4.69, 9.17) is 4.98 Å². The molecule has 0 radical (unpaired) electrons. The molecule has 0 N–H and O–H groups in total. The third-order valence-corrected chi connectivity index (χ3v) is 6.70. The second-order valence-corrected chi connectivity index (χ2v) is 9.01. The van der Waals surface area contributed by atoms with Crippen LogP contribution < -0.4 is 0 Å². The van der Waals surface area contributed by atoms with Crippen LogP contribution in [0.2, 0.25) is 0 Å². The number of piperidine rings is 1. The van der Waals surface area contributed by atoms with Crippen molar-refractivity contribution >= 4 is 22.7 Å². The highest BCUT2D eigenvalue weighted by Crippen LogP contribution is 2.30. The number of hydrogen-bond acceptors (Lipinski definition) is 5. The van der Waals surface area contributed by atoms with Gasteiger partial charge in [-0.15, -0.1) is 0 Å². The molecule has 1 aliphatic rings. The molecule has 7 nitrogen and oxygen atoms in total. The molecule has 1 aromatic carbocycles. The Morgan fingerprint density at radius 3 is 2.50 bits per heavy atom. The molecule has 0 saturated carbocycles. The summed E-state index contributed by atoms with van der Waals surface area (Å²) in [4.78, 5) is 34.6. The van der Waals surface area contributed by atoms with Crippen molar-refractivity contribution in [1.29, 1.82) is 5.26 Å². The van der Waals surface area contributed by atoms with Crippen molar-refractivity contribution in [2.75, 3.05) is 33.2 Å². The van der Waals surface area contributed by atoms with E-state index in [9.17, 15) is 14.9 Å². The summed E-state index contributed by atoms with van der Waals surface area (Å²) in [5.41, 5.74) is 5.15. The van der Waals surface area contributed by atoms with Gasteiger partial charge in [-0.05, 0) is 75.7 Å². The Kier molecular flexibility index (Phi) is 7.09. The number of ketones is 1. The summed E-state index contributed by atoms with van der Waals surface area (Å²) in [6.45, 7) is 6.81. The number of hydrogen-bond donors (Lipinski definition) is 0. The maximum Gasteiger partial charge on any atom is 0.226 e. The number of carbonyl (C=O) groups is 2. The molecule has 7 heteroatoms. The van der Waals surface area contributed by atoms with Crippen molar-refractivity contribution in [3.63, 3.8) is 0 Å². The van der Waals surface area contributed by atoms with Crippen molar-refractivity contribution in [2.45, 2.75) is 39.5 Å². The van der Waals surface area contributed by atoms with Gasteiger partial charge in [0.1, 0.15) is 0 Å². The normalized spacial score (nSPS) is 14.2. The molecule has 0 spiro atoms. The largest absolute Gasteiger partial charge is 0.346 e. The van der Waals surface area contributed by atoms with E-state index in [1.54, 1.807) is 30.3 Å². The predicted octanol–water partition coefficient (Wildman–Crippen LogP) is 3.90. The Hall–Kier alpha value is -3.50. The first-order valence-electron chi connectivity index (χ1n) is 11.9. The van der Waals surface area contributed by atoms with E-state index in [-0.39, 0.29) is 18.1 Å². The molecule has 0 atom stereocenters. The van der Waals surface area contributed by atoms with Crippen LogP contribution in [0.4, 0.5) is 0 Å². The molecule has 1 aliphatic heterocycles. The van der Waals surface area contributed by atoms with E-state index < -0.39 is 0 Å². The maximum atomic E-state index is 13.5. The highest BCUT2D eigenvalue weighted by molar-refractivity contribution is 6.09. The van der Waals surface area contributed by atoms with Gasteiger partial charge in [0.25, 0.3) is 0 Å². The van der Waals surface area contributed by atoms with Gasteiger partial charge in [0.15, 0.2) is 5.78 Å². The molecule has 3 heterocycles. The fraction of sp³-hybridized carbons (Fsp3) is 0.407. The summed E-state index contributed by atoms with van der Waals surface area (Å²) < 4.78 is 2.02. The Bertz CT molecular complexity index is 1250. The Morgan fingerprint density at radius 1 is 1.15 bits per heavy atom. The van der Waals surface area contributed by atoms with Crippen LogP contribution in [0.25, 0.3) is 16.7 Å². The standard InChI is InChI=1S/C27H31N5O2/c1-4-30(3)25(34)15-21-14-23-27(29-17-21)26(24(33)18-31-12-6-5-7-13-31)19(2)32(23)22-10-8-20(16-28)9-11-22/h8-11,14,17H,4-7,12-13,15,18H2,1-3H3. The van der Waals surface area contributed by atoms with Crippen LogP contribution in [0, 0.1) is 18.3 Å². The molecule has 176 valence electrons. The minimum atomic E-state index is 0.0262. The van der Waals surface area contributed by atoms with Crippen LogP contribution in [0.15, 0.2) is 36.5 Å². The smallest absolute Gasteiger partial charge is 0.226 e. The molecule has 1 amide bonds. The second kappa shape index (κ2) is 10.2. The van der Waals surface area contributed by atoms with Crippen LogP contribution in [-0.4, -0.2) is 64.3 Å². The number of amides is 1. The SMILES string of the molecule is CCN(C)C(=O)Cc1cnc2c(C(=O)CN3CCCCC3)c(C)n(-c3ccc(C#N)cc3)c2c1. The quantitative estimate of drug-likeness (QED) is 0.503. The summed E-state index contributed by atoms with van der Waals surface area (Å²) in [6.07, 6.45) is 5.44. The Morgan fingerprint density at radius 2 is 1.85 bits per heavy atom. The molecule has 0 unspecified atom stereocenters. The number of nitriles is 1. The van der Waals surface area contributed by atoms with Gasteiger partial charge < -0.3 is 9.47 Å². The van der Waals surface area contributed by atoms with E-state index in [0.717, 1.165) is 48.4 Å². The van der Waals surface area contributed by atoms with Gasteiger partial charge in [0, 0.05) is 31.2 Å². The summed E-state index contributed by atoms with van der Waals surface area (Å²) in [5, 5.41) is 9.19. The lowest BCUT2D eigenvalue weighted by atomic mass is 10.1. The molecule has 4 rings (SSSR count). The average molecular weight is 458 g/mol. The first kappa shape index (κ1) is 23.7. The van der Waals surface area contributed by atoms with Crippen molar-refractivity contribution in [2.24, 2.45) is 0 Å². The molecule has 3 aromatic rings. The van der Waals surface area contributed by atoms with Crippen LogP contribution >= 0.6 is 0 Å². The topological polar surface area (TPSA) is 82.2 Å². The molecule has 1 fully saturated rings. The number of Topliss-reactive ketones (excluding diaryl/α,β-unsaturated/α-hetero) is 1. The van der Waals surface area contributed by atoms with Gasteiger partial charge in [0.05, 0.1) is 41.2 Å². The monoisotopic (exact) mass is 457 g/mol. The second-order valence-electron chi connectivity index (χ2n) is 9.01. The maximum absolute atomic E-state index is 13.5. The number of aromatic nitrogens is 2. The molecule has 1 saturated heterocycles. The number of carbonyl (C=O) groups excluding carboxylic acids is 2. The number of likely N-dealkylation sites (N-methyl/N-ethyl adjacent to an activating group) is 1. The Labute approximate surface area is 200 Å². The number of fused-ring (bicyclic) bond motifs is 1. The fourth-order valence-corrected chi connectivity index (χ4v) is 4.66. The number of nitrogens with zero attached hydrogens (tertiary/aromatic N) is 5. The van der Waals surface area contributed by atoms with Gasteiger partial charge >= 0.3 is 0 Å². The van der Waals surface area contributed by atoms with Crippen LogP contribution in [0.3, 0.4) is 0 Å². The van der Waals surface area contributed by atoms with Crippen molar-refractivity contribution < 1.29 is 9.59 Å².